The van der Waals surface area contributed by atoms with Crippen LogP contribution in [-0.4, -0.2) is 30.1 Å². The van der Waals surface area contributed by atoms with E-state index in [0.717, 1.165) is 6.42 Å². The van der Waals surface area contributed by atoms with E-state index in [0.29, 0.717) is 24.0 Å². The third kappa shape index (κ3) is 3.73. The van der Waals surface area contributed by atoms with Crippen molar-refractivity contribution in [1.82, 2.24) is 4.90 Å². The summed E-state index contributed by atoms with van der Waals surface area (Å²) < 4.78 is 7.13. The van der Waals surface area contributed by atoms with Crippen LogP contribution >= 0.6 is 0 Å². The summed E-state index contributed by atoms with van der Waals surface area (Å²) in [6, 6.07) is 22.7. The molecule has 2 aliphatic heterocycles. The first-order valence-electron chi connectivity index (χ1n) is 12.8. The van der Waals surface area contributed by atoms with Gasteiger partial charge in [-0.25, -0.2) is 0 Å². The molecule has 0 radical (unpaired) electrons. The fourth-order valence-electron chi connectivity index (χ4n) is 6.90. The molecule has 0 amide bonds. The molecule has 1 saturated carbocycles. The van der Waals surface area contributed by atoms with E-state index < -0.39 is 0 Å². The molecule has 32 heavy (non-hydrogen) atoms. The van der Waals surface area contributed by atoms with Gasteiger partial charge < -0.3 is 4.74 Å². The maximum atomic E-state index is 7.13. The zero-order valence-electron chi connectivity index (χ0n) is 19.1. The van der Waals surface area contributed by atoms with Crippen LogP contribution in [0.1, 0.15) is 68.4 Å². The van der Waals surface area contributed by atoms with Gasteiger partial charge >= 0.3 is 0 Å². The molecule has 2 aliphatic carbocycles. The molecule has 4 aliphatic rings. The van der Waals surface area contributed by atoms with Crippen molar-refractivity contribution in [3.8, 4) is 0 Å². The van der Waals surface area contributed by atoms with E-state index in [2.05, 4.69) is 71.6 Å². The van der Waals surface area contributed by atoms with Gasteiger partial charge in [-0.1, -0.05) is 67.1 Å². The summed E-state index contributed by atoms with van der Waals surface area (Å²) in [5.74, 6) is 2.36. The third-order valence-electron chi connectivity index (χ3n) is 8.28. The molecule has 4 atom stereocenters. The first kappa shape index (κ1) is 20.3. The maximum Gasteiger partial charge on any atom is 0.122 e. The van der Waals surface area contributed by atoms with Gasteiger partial charge in [-0.05, 0) is 86.4 Å². The van der Waals surface area contributed by atoms with Gasteiger partial charge in [0.1, 0.15) is 11.9 Å². The Morgan fingerprint density at radius 1 is 0.781 bits per heavy atom. The van der Waals surface area contributed by atoms with Gasteiger partial charge in [-0.15, -0.1) is 0 Å². The Balaban J connectivity index is 1.45. The largest absolute Gasteiger partial charge is 0.488 e. The Hall–Kier alpha value is -2.32. The van der Waals surface area contributed by atoms with Gasteiger partial charge in [0.25, 0.3) is 0 Å². The quantitative estimate of drug-likeness (QED) is 0.527. The molecule has 2 aromatic rings. The van der Waals surface area contributed by atoms with Crippen LogP contribution in [-0.2, 0) is 4.74 Å². The molecule has 4 unspecified atom stereocenters. The van der Waals surface area contributed by atoms with E-state index in [4.69, 9.17) is 4.74 Å². The first-order valence-corrected chi connectivity index (χ1v) is 12.8. The predicted octanol–water partition coefficient (Wildman–Crippen LogP) is 6.96. The Bertz CT molecular complexity index is 986. The second kappa shape index (κ2) is 8.90. The van der Waals surface area contributed by atoms with Crippen molar-refractivity contribution < 1.29 is 4.74 Å². The monoisotopic (exact) mass is 425 g/mol. The van der Waals surface area contributed by atoms with Crippen LogP contribution in [0.3, 0.4) is 0 Å². The van der Waals surface area contributed by atoms with Gasteiger partial charge in [0.05, 0.1) is 0 Å². The minimum absolute atomic E-state index is 0.322. The van der Waals surface area contributed by atoms with E-state index in [9.17, 15) is 0 Å². The van der Waals surface area contributed by atoms with Crippen molar-refractivity contribution in [3.63, 3.8) is 0 Å². The molecule has 2 nitrogen and oxygen atoms in total. The van der Waals surface area contributed by atoms with Gasteiger partial charge in [-0.3, -0.25) is 4.90 Å². The van der Waals surface area contributed by atoms with Gasteiger partial charge in [0, 0.05) is 17.9 Å². The second-order valence-electron chi connectivity index (χ2n) is 10.2. The Kier molecular flexibility index (Phi) is 5.65. The summed E-state index contributed by atoms with van der Waals surface area (Å²) in [7, 11) is 0. The average molecular weight is 426 g/mol. The van der Waals surface area contributed by atoms with Crippen molar-refractivity contribution in [1.29, 1.82) is 0 Å². The lowest BCUT2D eigenvalue weighted by atomic mass is 9.66. The maximum absolute atomic E-state index is 7.13. The van der Waals surface area contributed by atoms with Gasteiger partial charge in [0.2, 0.25) is 0 Å². The molecule has 0 aromatic heterocycles. The molecule has 0 bridgehead atoms. The zero-order valence-corrected chi connectivity index (χ0v) is 19.1. The standard InChI is InChI=1S/C30H35NO/c1-3-11-22(12-4-1)21-24-15-9-16-25-28(23-13-5-2-6-14-23)26-17-10-18-27(30(26)32-29(24)25)31-19-7-8-20-31/h1-6,11-14,21,26-28,30H,7-10,15-20H2/b24-21+. The lowest BCUT2D eigenvalue weighted by Crippen LogP contribution is -2.52. The molecule has 2 fully saturated rings. The molecule has 2 heteroatoms. The molecular formula is C30H35NO. The van der Waals surface area contributed by atoms with Crippen molar-refractivity contribution in [2.45, 2.75) is 69.4 Å². The fraction of sp³-hybridized carbons (Fsp3) is 0.467. The van der Waals surface area contributed by atoms with Crippen LogP contribution in [0.25, 0.3) is 6.08 Å². The summed E-state index contributed by atoms with van der Waals surface area (Å²) in [6.45, 7) is 2.51. The number of hydrogen-bond acceptors (Lipinski definition) is 2. The number of fused-ring (bicyclic) bond motifs is 1. The molecule has 0 N–H and O–H groups in total. The molecule has 1 saturated heterocycles. The highest BCUT2D eigenvalue weighted by atomic mass is 16.5. The minimum atomic E-state index is 0.322. The number of hydrogen-bond donors (Lipinski definition) is 0. The molecule has 0 spiro atoms. The van der Waals surface area contributed by atoms with Gasteiger partial charge in [0.15, 0.2) is 0 Å². The van der Waals surface area contributed by atoms with Crippen LogP contribution in [0.2, 0.25) is 0 Å². The van der Waals surface area contributed by atoms with Crippen LogP contribution in [0.4, 0.5) is 0 Å². The number of benzene rings is 2. The highest BCUT2D eigenvalue weighted by molar-refractivity contribution is 5.60. The zero-order chi connectivity index (χ0) is 21.3. The average Bonchev–Trinajstić information content (AvgIpc) is 3.39. The number of allylic oxidation sites excluding steroid dienone is 2. The topological polar surface area (TPSA) is 12.5 Å². The highest BCUT2D eigenvalue weighted by Gasteiger charge is 2.48. The summed E-state index contributed by atoms with van der Waals surface area (Å²) in [5, 5.41) is 0. The first-order chi connectivity index (χ1) is 15.9. The fourth-order valence-corrected chi connectivity index (χ4v) is 6.90. The summed E-state index contributed by atoms with van der Waals surface area (Å²) >= 11 is 0. The van der Waals surface area contributed by atoms with E-state index >= 15 is 0 Å². The smallest absolute Gasteiger partial charge is 0.122 e. The van der Waals surface area contributed by atoms with E-state index in [1.54, 1.807) is 5.57 Å². The van der Waals surface area contributed by atoms with Crippen LogP contribution in [0, 0.1) is 5.92 Å². The molecule has 2 aromatic carbocycles. The summed E-state index contributed by atoms with van der Waals surface area (Å²) in [5.41, 5.74) is 5.79. The van der Waals surface area contributed by atoms with Crippen LogP contribution < -0.4 is 0 Å². The van der Waals surface area contributed by atoms with Crippen molar-refractivity contribution in [3.05, 3.63) is 88.7 Å². The third-order valence-corrected chi connectivity index (χ3v) is 8.28. The van der Waals surface area contributed by atoms with Crippen molar-refractivity contribution in [2.24, 2.45) is 5.92 Å². The lowest BCUT2D eigenvalue weighted by Gasteiger charge is -2.50. The molecule has 166 valence electrons. The lowest BCUT2D eigenvalue weighted by molar-refractivity contribution is -0.0510. The number of likely N-dealkylation sites (tertiary alicyclic amines) is 1. The number of ether oxygens (including phenoxy) is 1. The van der Waals surface area contributed by atoms with Crippen molar-refractivity contribution >= 4 is 6.08 Å². The van der Waals surface area contributed by atoms with Crippen LogP contribution in [0.5, 0.6) is 0 Å². The molecular weight excluding hydrogens is 390 g/mol. The van der Waals surface area contributed by atoms with Crippen LogP contribution in [0.15, 0.2) is 77.6 Å². The normalized spacial score (nSPS) is 31.8. The Morgan fingerprint density at radius 3 is 2.31 bits per heavy atom. The number of nitrogens with zero attached hydrogens (tertiary/aromatic N) is 1. The Morgan fingerprint density at radius 2 is 1.53 bits per heavy atom. The minimum Gasteiger partial charge on any atom is -0.488 e. The van der Waals surface area contributed by atoms with E-state index in [1.165, 1.54) is 80.5 Å². The number of rotatable bonds is 3. The molecule has 6 rings (SSSR count). The molecule has 2 heterocycles. The second-order valence-corrected chi connectivity index (χ2v) is 10.2. The van der Waals surface area contributed by atoms with Gasteiger partial charge in [-0.2, -0.15) is 0 Å². The van der Waals surface area contributed by atoms with E-state index in [-0.39, 0.29) is 0 Å². The van der Waals surface area contributed by atoms with E-state index in [1.807, 2.05) is 0 Å². The summed E-state index contributed by atoms with van der Waals surface area (Å²) in [4.78, 5) is 2.76. The highest BCUT2D eigenvalue weighted by Crippen LogP contribution is 2.53. The SMILES string of the molecule is C(=C1/CCCC2=C1OC1C(CCCC1N1CCCC1)C2c1ccccc1)/c1ccccc1. The predicted molar refractivity (Wildman–Crippen MR) is 131 cm³/mol. The van der Waals surface area contributed by atoms with Crippen molar-refractivity contribution in [2.75, 3.05) is 13.1 Å². The Labute approximate surface area is 193 Å². The summed E-state index contributed by atoms with van der Waals surface area (Å²) in [6.07, 6.45) is 12.9.